The molecule has 0 aromatic heterocycles. The molecule has 1 aromatic rings. The number of ether oxygens (including phenoxy) is 1. The monoisotopic (exact) mass is 475 g/mol. The van der Waals surface area contributed by atoms with Gasteiger partial charge in [-0.25, -0.2) is 0 Å². The molecule has 1 saturated carbocycles. The van der Waals surface area contributed by atoms with Gasteiger partial charge in [-0.3, -0.25) is 4.99 Å². The van der Waals surface area contributed by atoms with Crippen molar-refractivity contribution >= 4 is 29.9 Å². The highest BCUT2D eigenvalue weighted by Gasteiger charge is 2.35. The summed E-state index contributed by atoms with van der Waals surface area (Å²) in [6, 6.07) is 8.09. The molecule has 148 valence electrons. The second-order valence-corrected chi connectivity index (χ2v) is 7.10. The second kappa shape index (κ2) is 11.6. The lowest BCUT2D eigenvalue weighted by Crippen LogP contribution is -2.42. The number of nitrogens with one attached hydrogen (secondary N) is 2. The average Bonchev–Trinajstić information content (AvgIpc) is 2.63. The molecule has 1 fully saturated rings. The normalized spacial score (nSPS) is 23.1. The molecular weight excluding hydrogens is 441 g/mol. The van der Waals surface area contributed by atoms with Gasteiger partial charge in [-0.15, -0.1) is 24.0 Å². The Morgan fingerprint density at radius 1 is 1.31 bits per heavy atom. The van der Waals surface area contributed by atoms with E-state index in [9.17, 15) is 5.11 Å². The van der Waals surface area contributed by atoms with Gasteiger partial charge < -0.3 is 20.5 Å². The van der Waals surface area contributed by atoms with E-state index >= 15 is 0 Å². The van der Waals surface area contributed by atoms with Crippen LogP contribution in [0.2, 0.25) is 0 Å². The van der Waals surface area contributed by atoms with Crippen LogP contribution in [-0.2, 0) is 6.42 Å². The fraction of sp³-hybridized carbons (Fsp3) is 0.650. The Morgan fingerprint density at radius 2 is 2.08 bits per heavy atom. The van der Waals surface area contributed by atoms with Gasteiger partial charge in [-0.05, 0) is 37.8 Å². The standard InChI is InChI=1S/C20H33N3O2.HI/c1-4-21-19(23-15-20(2)13-8-7-11-18(20)24)22-14-12-16-9-5-6-10-17(16)25-3;/h5-6,9-10,18,24H,4,7-8,11-15H2,1-3H3,(H2,21,22,23);1H. The number of hydrogen-bond donors (Lipinski definition) is 3. The van der Waals surface area contributed by atoms with Crippen molar-refractivity contribution in [3.05, 3.63) is 29.8 Å². The number of guanidine groups is 1. The van der Waals surface area contributed by atoms with Gasteiger partial charge in [0.05, 0.1) is 19.8 Å². The highest BCUT2D eigenvalue weighted by Crippen LogP contribution is 2.36. The summed E-state index contributed by atoms with van der Waals surface area (Å²) in [5, 5.41) is 17.0. The minimum absolute atomic E-state index is 0. The summed E-state index contributed by atoms with van der Waals surface area (Å²) in [6.07, 6.45) is 4.86. The third-order valence-electron chi connectivity index (χ3n) is 5.10. The van der Waals surface area contributed by atoms with E-state index in [1.807, 2.05) is 18.2 Å². The number of methoxy groups -OCH3 is 1. The number of aliphatic hydroxyl groups excluding tert-OH is 1. The molecule has 1 aliphatic carbocycles. The van der Waals surface area contributed by atoms with Crippen LogP contribution in [0.3, 0.4) is 0 Å². The molecule has 0 aliphatic heterocycles. The van der Waals surface area contributed by atoms with Gasteiger partial charge in [0.1, 0.15) is 5.75 Å². The maximum atomic E-state index is 10.3. The van der Waals surface area contributed by atoms with E-state index in [1.54, 1.807) is 7.11 Å². The average molecular weight is 475 g/mol. The second-order valence-electron chi connectivity index (χ2n) is 7.10. The summed E-state index contributed by atoms with van der Waals surface area (Å²) >= 11 is 0. The topological polar surface area (TPSA) is 65.9 Å². The Hall–Kier alpha value is -1.02. The number of nitrogens with zero attached hydrogens (tertiary/aromatic N) is 1. The zero-order chi connectivity index (χ0) is 18.1. The lowest BCUT2D eigenvalue weighted by atomic mass is 9.73. The maximum Gasteiger partial charge on any atom is 0.191 e. The molecule has 6 heteroatoms. The van der Waals surface area contributed by atoms with Gasteiger partial charge in [0.2, 0.25) is 0 Å². The molecule has 0 spiro atoms. The van der Waals surface area contributed by atoms with E-state index in [0.717, 1.165) is 50.5 Å². The molecule has 0 heterocycles. The van der Waals surface area contributed by atoms with E-state index in [1.165, 1.54) is 12.0 Å². The van der Waals surface area contributed by atoms with Gasteiger partial charge >= 0.3 is 0 Å². The molecule has 3 N–H and O–H groups in total. The van der Waals surface area contributed by atoms with Gasteiger partial charge in [-0.2, -0.15) is 0 Å². The third-order valence-corrected chi connectivity index (χ3v) is 5.10. The molecule has 0 saturated heterocycles. The van der Waals surface area contributed by atoms with Crippen LogP contribution in [0.25, 0.3) is 0 Å². The number of hydrogen-bond acceptors (Lipinski definition) is 3. The fourth-order valence-electron chi connectivity index (χ4n) is 3.39. The first-order valence-corrected chi connectivity index (χ1v) is 9.41. The Labute approximate surface area is 175 Å². The first kappa shape index (κ1) is 23.0. The van der Waals surface area contributed by atoms with E-state index in [4.69, 9.17) is 9.73 Å². The van der Waals surface area contributed by atoms with Crippen LogP contribution in [0.5, 0.6) is 5.75 Å². The smallest absolute Gasteiger partial charge is 0.191 e. The number of para-hydroxylation sites is 1. The van der Waals surface area contributed by atoms with Crippen molar-refractivity contribution in [2.45, 2.75) is 52.1 Å². The summed E-state index contributed by atoms with van der Waals surface area (Å²) in [4.78, 5) is 4.74. The van der Waals surface area contributed by atoms with E-state index < -0.39 is 0 Å². The van der Waals surface area contributed by atoms with Crippen LogP contribution in [0.4, 0.5) is 0 Å². The molecule has 26 heavy (non-hydrogen) atoms. The predicted molar refractivity (Wildman–Crippen MR) is 119 cm³/mol. The van der Waals surface area contributed by atoms with Gasteiger partial charge in [0.15, 0.2) is 5.96 Å². The summed E-state index contributed by atoms with van der Waals surface area (Å²) in [5.74, 6) is 1.74. The van der Waals surface area contributed by atoms with Crippen molar-refractivity contribution in [2.75, 3.05) is 26.7 Å². The van der Waals surface area contributed by atoms with E-state index in [2.05, 4.69) is 30.5 Å². The first-order chi connectivity index (χ1) is 12.1. The zero-order valence-electron chi connectivity index (χ0n) is 16.3. The first-order valence-electron chi connectivity index (χ1n) is 9.41. The lowest BCUT2D eigenvalue weighted by Gasteiger charge is -2.37. The molecule has 2 atom stereocenters. The minimum atomic E-state index is -0.249. The van der Waals surface area contributed by atoms with Crippen molar-refractivity contribution in [3.8, 4) is 5.75 Å². The Kier molecular flexibility index (Phi) is 10.3. The predicted octanol–water partition coefficient (Wildman–Crippen LogP) is 3.35. The molecule has 0 bridgehead atoms. The molecule has 5 nitrogen and oxygen atoms in total. The highest BCUT2D eigenvalue weighted by atomic mass is 127. The number of halogens is 1. The van der Waals surface area contributed by atoms with Gasteiger partial charge in [-0.1, -0.05) is 38.0 Å². The lowest BCUT2D eigenvalue weighted by molar-refractivity contribution is 0.00716. The fourth-order valence-corrected chi connectivity index (χ4v) is 3.39. The van der Waals surface area contributed by atoms with Crippen LogP contribution < -0.4 is 15.4 Å². The van der Waals surface area contributed by atoms with Crippen LogP contribution in [0.15, 0.2) is 29.3 Å². The molecule has 0 radical (unpaired) electrons. The Bertz CT molecular complexity index is 568. The van der Waals surface area contributed by atoms with Crippen LogP contribution in [0.1, 0.15) is 45.1 Å². The van der Waals surface area contributed by atoms with E-state index in [-0.39, 0.29) is 35.5 Å². The summed E-state index contributed by atoms with van der Waals surface area (Å²) in [5.41, 5.74) is 1.08. The van der Waals surface area contributed by atoms with Crippen LogP contribution in [-0.4, -0.2) is 43.9 Å². The molecular formula is C20H34IN3O2. The summed E-state index contributed by atoms with van der Waals surface area (Å²) < 4.78 is 5.40. The van der Waals surface area contributed by atoms with Crippen LogP contribution >= 0.6 is 24.0 Å². The summed E-state index contributed by atoms with van der Waals surface area (Å²) in [7, 11) is 1.70. The van der Waals surface area contributed by atoms with Gasteiger partial charge in [0, 0.05) is 18.5 Å². The number of rotatable bonds is 7. The summed E-state index contributed by atoms with van der Waals surface area (Å²) in [6.45, 7) is 6.47. The van der Waals surface area contributed by atoms with Crippen molar-refractivity contribution in [1.29, 1.82) is 0 Å². The highest BCUT2D eigenvalue weighted by molar-refractivity contribution is 14.0. The molecule has 0 amide bonds. The molecule has 1 aromatic carbocycles. The Balaban J connectivity index is 0.00000338. The number of aliphatic hydroxyl groups is 1. The SMILES string of the molecule is CCNC(=NCC1(C)CCCCC1O)NCCc1ccccc1OC.I. The minimum Gasteiger partial charge on any atom is -0.496 e. The number of aliphatic imine (C=N–C) groups is 1. The maximum absolute atomic E-state index is 10.3. The van der Waals surface area contributed by atoms with Crippen molar-refractivity contribution in [1.82, 2.24) is 10.6 Å². The van der Waals surface area contributed by atoms with Crippen LogP contribution in [0, 0.1) is 5.41 Å². The van der Waals surface area contributed by atoms with Crippen molar-refractivity contribution in [2.24, 2.45) is 10.4 Å². The molecule has 2 rings (SSSR count). The Morgan fingerprint density at radius 3 is 2.77 bits per heavy atom. The number of benzene rings is 1. The zero-order valence-corrected chi connectivity index (χ0v) is 18.6. The van der Waals surface area contributed by atoms with Gasteiger partial charge in [0.25, 0.3) is 0 Å². The van der Waals surface area contributed by atoms with Crippen molar-refractivity contribution in [3.63, 3.8) is 0 Å². The third kappa shape index (κ3) is 6.61. The van der Waals surface area contributed by atoms with E-state index in [0.29, 0.717) is 6.54 Å². The quantitative estimate of drug-likeness (QED) is 0.322. The van der Waals surface area contributed by atoms with Crippen molar-refractivity contribution < 1.29 is 9.84 Å². The molecule has 1 aliphatic rings. The largest absolute Gasteiger partial charge is 0.496 e. The molecule has 2 unspecified atom stereocenters.